The normalized spacial score (nSPS) is 12.6. The summed E-state index contributed by atoms with van der Waals surface area (Å²) < 4.78 is 13.5. The van der Waals surface area contributed by atoms with E-state index >= 15 is 0 Å². The van der Waals surface area contributed by atoms with Gasteiger partial charge in [-0.3, -0.25) is 0 Å². The van der Waals surface area contributed by atoms with E-state index in [-0.39, 0.29) is 0 Å². The van der Waals surface area contributed by atoms with Crippen LogP contribution in [0.1, 0.15) is 28.9 Å². The minimum absolute atomic E-state index is 0.384. The fraction of sp³-hybridized carbons (Fsp3) is 0.0333. The molecule has 0 fully saturated rings. The highest BCUT2D eigenvalue weighted by Crippen LogP contribution is 2.50. The standard InChI is InChI=1S/C60H35N5O/c61-34-46-57(65-52-27-13-7-22-45(52)56-53(65)32-31-44-43-21-8-14-28-54(43)66-60(44)56)47(35-62)59(64-50-25-11-5-19-41(50)42-20-6-12-26-51(42)64)55(38-30-29-36-15-1-2-16-37(36)33-38)58(46)63-48-23-9-3-17-39(48)40-18-4-10-24-49(40)63/h1-7,9-20,22-33H,8,21H2. The predicted octanol–water partition coefficient (Wildman–Crippen LogP) is 15.2. The van der Waals surface area contributed by atoms with Crippen molar-refractivity contribution in [2.75, 3.05) is 0 Å². The average molecular weight is 842 g/mol. The van der Waals surface area contributed by atoms with Crippen molar-refractivity contribution in [3.8, 4) is 40.3 Å². The lowest BCUT2D eigenvalue weighted by molar-refractivity contribution is 0.598. The fourth-order valence-electron chi connectivity index (χ4n) is 11.3. The van der Waals surface area contributed by atoms with E-state index in [1.54, 1.807) is 0 Å². The summed E-state index contributed by atoms with van der Waals surface area (Å²) in [6, 6.07) is 66.9. The number of nitrogens with zero attached hydrogens (tertiary/aromatic N) is 5. The number of allylic oxidation sites excluding steroid dienone is 1. The van der Waals surface area contributed by atoms with Gasteiger partial charge in [0, 0.05) is 43.4 Å². The number of nitriles is 2. The number of fused-ring (bicyclic) bond motifs is 14. The van der Waals surface area contributed by atoms with Gasteiger partial charge in [-0.15, -0.1) is 0 Å². The first-order chi connectivity index (χ1) is 32.7. The summed E-state index contributed by atoms with van der Waals surface area (Å²) in [6.45, 7) is 0. The van der Waals surface area contributed by atoms with Gasteiger partial charge in [0.2, 0.25) is 0 Å². The zero-order valence-corrected chi connectivity index (χ0v) is 35.5. The van der Waals surface area contributed by atoms with Crippen LogP contribution in [0.3, 0.4) is 0 Å². The highest BCUT2D eigenvalue weighted by atomic mass is 16.3. The van der Waals surface area contributed by atoms with Gasteiger partial charge < -0.3 is 18.1 Å². The lowest BCUT2D eigenvalue weighted by Gasteiger charge is -2.26. The van der Waals surface area contributed by atoms with Gasteiger partial charge >= 0.3 is 0 Å². The van der Waals surface area contributed by atoms with E-state index in [0.29, 0.717) is 28.2 Å². The largest absolute Gasteiger partial charge is 0.456 e. The second-order valence-electron chi connectivity index (χ2n) is 17.3. The van der Waals surface area contributed by atoms with Crippen LogP contribution < -0.4 is 0 Å². The molecule has 0 atom stereocenters. The van der Waals surface area contributed by atoms with Gasteiger partial charge in [-0.25, -0.2) is 0 Å². The molecule has 1 aliphatic carbocycles. The molecular weight excluding hydrogens is 807 g/mol. The second-order valence-corrected chi connectivity index (χ2v) is 17.3. The Balaban J connectivity index is 1.28. The van der Waals surface area contributed by atoms with Gasteiger partial charge in [0.1, 0.15) is 34.6 Å². The van der Waals surface area contributed by atoms with Crippen LogP contribution in [0.25, 0.3) is 121 Å². The first-order valence-electron chi connectivity index (χ1n) is 22.4. The molecule has 0 amide bonds. The minimum atomic E-state index is 0.384. The number of rotatable bonds is 4. The molecule has 6 nitrogen and oxygen atoms in total. The summed E-state index contributed by atoms with van der Waals surface area (Å²) in [4.78, 5) is 0. The number of aromatic nitrogens is 3. The second kappa shape index (κ2) is 13.7. The Morgan fingerprint density at radius 1 is 0.439 bits per heavy atom. The molecule has 0 spiro atoms. The van der Waals surface area contributed by atoms with E-state index in [9.17, 15) is 10.5 Å². The average Bonchev–Trinajstić information content (AvgIpc) is 4.12. The maximum Gasteiger partial charge on any atom is 0.145 e. The van der Waals surface area contributed by atoms with Crippen LogP contribution in [0.2, 0.25) is 0 Å². The third-order valence-corrected chi connectivity index (χ3v) is 14.0. The highest BCUT2D eigenvalue weighted by molar-refractivity contribution is 6.21. The molecular formula is C60H35N5O. The quantitative estimate of drug-likeness (QED) is 0.177. The van der Waals surface area contributed by atoms with Crippen LogP contribution in [0, 0.1) is 22.7 Å². The van der Waals surface area contributed by atoms with Gasteiger partial charge in [0.25, 0.3) is 0 Å². The molecule has 14 rings (SSSR count). The van der Waals surface area contributed by atoms with E-state index in [1.807, 2.05) is 6.07 Å². The van der Waals surface area contributed by atoms with Crippen LogP contribution >= 0.6 is 0 Å². The molecule has 0 N–H and O–H groups in total. The predicted molar refractivity (Wildman–Crippen MR) is 269 cm³/mol. The van der Waals surface area contributed by atoms with Gasteiger partial charge in [0.15, 0.2) is 0 Å². The number of hydrogen-bond donors (Lipinski definition) is 0. The van der Waals surface area contributed by atoms with Gasteiger partial charge in [-0.05, 0) is 83.8 Å². The molecule has 13 aromatic rings. The van der Waals surface area contributed by atoms with Crippen LogP contribution in [0.5, 0.6) is 0 Å². The summed E-state index contributed by atoms with van der Waals surface area (Å²) in [5, 5.41) is 33.8. The number of para-hydroxylation sites is 5. The molecule has 0 unspecified atom stereocenters. The molecule has 0 bridgehead atoms. The molecule has 0 saturated heterocycles. The third kappa shape index (κ3) is 4.82. The molecule has 0 radical (unpaired) electrons. The first-order valence-corrected chi connectivity index (χ1v) is 22.4. The Labute approximate surface area is 377 Å². The Morgan fingerprint density at radius 2 is 0.924 bits per heavy atom. The monoisotopic (exact) mass is 841 g/mol. The molecule has 0 aliphatic heterocycles. The molecule has 66 heavy (non-hydrogen) atoms. The van der Waals surface area contributed by atoms with Gasteiger partial charge in [-0.2, -0.15) is 10.5 Å². The fourth-order valence-corrected chi connectivity index (χ4v) is 11.3. The van der Waals surface area contributed by atoms with Crippen LogP contribution in [-0.2, 0) is 6.42 Å². The summed E-state index contributed by atoms with van der Waals surface area (Å²) in [7, 11) is 0. The van der Waals surface area contributed by atoms with Crippen LogP contribution in [0.4, 0.5) is 0 Å². The summed E-state index contributed by atoms with van der Waals surface area (Å²) in [5.74, 6) is 0.887. The number of hydrogen-bond acceptors (Lipinski definition) is 3. The Kier molecular flexibility index (Phi) is 7.55. The van der Waals surface area contributed by atoms with Crippen molar-refractivity contribution >= 4 is 93.2 Å². The molecule has 306 valence electrons. The number of aryl methyl sites for hydroxylation is 1. The Morgan fingerprint density at radius 3 is 1.48 bits per heavy atom. The molecule has 6 heteroatoms. The van der Waals surface area contributed by atoms with Crippen molar-refractivity contribution in [1.29, 1.82) is 10.5 Å². The van der Waals surface area contributed by atoms with E-state index in [0.717, 1.165) is 117 Å². The molecule has 0 saturated carbocycles. The Hall–Kier alpha value is -9.10. The van der Waals surface area contributed by atoms with Crippen LogP contribution in [0.15, 0.2) is 186 Å². The number of benzene rings is 9. The van der Waals surface area contributed by atoms with Crippen molar-refractivity contribution < 1.29 is 4.42 Å². The van der Waals surface area contributed by atoms with E-state index in [2.05, 4.69) is 208 Å². The summed E-state index contributed by atoms with van der Waals surface area (Å²) >= 11 is 0. The van der Waals surface area contributed by atoms with E-state index < -0.39 is 0 Å². The van der Waals surface area contributed by atoms with Crippen molar-refractivity contribution in [3.05, 3.63) is 204 Å². The van der Waals surface area contributed by atoms with Crippen molar-refractivity contribution in [3.63, 3.8) is 0 Å². The van der Waals surface area contributed by atoms with E-state index in [4.69, 9.17) is 4.42 Å². The molecule has 9 aromatic carbocycles. The first kappa shape index (κ1) is 36.4. The molecule has 4 heterocycles. The van der Waals surface area contributed by atoms with Crippen molar-refractivity contribution in [2.24, 2.45) is 0 Å². The lowest BCUT2D eigenvalue weighted by Crippen LogP contribution is -2.14. The smallest absolute Gasteiger partial charge is 0.145 e. The minimum Gasteiger partial charge on any atom is -0.456 e. The van der Waals surface area contributed by atoms with Crippen LogP contribution in [-0.4, -0.2) is 13.7 Å². The maximum absolute atomic E-state index is 12.2. The molecule has 4 aromatic heterocycles. The van der Waals surface area contributed by atoms with E-state index in [1.165, 1.54) is 5.56 Å². The number of furan rings is 1. The zero-order valence-electron chi connectivity index (χ0n) is 35.5. The topological polar surface area (TPSA) is 75.5 Å². The lowest BCUT2D eigenvalue weighted by atomic mass is 9.90. The Bertz CT molecular complexity index is 4120. The van der Waals surface area contributed by atoms with Gasteiger partial charge in [-0.1, -0.05) is 133 Å². The molecule has 1 aliphatic rings. The third-order valence-electron chi connectivity index (χ3n) is 14.0. The van der Waals surface area contributed by atoms with Gasteiger partial charge in [0.05, 0.1) is 55.5 Å². The highest BCUT2D eigenvalue weighted by Gasteiger charge is 2.33. The van der Waals surface area contributed by atoms with Crippen molar-refractivity contribution in [2.45, 2.75) is 12.8 Å². The van der Waals surface area contributed by atoms with Crippen molar-refractivity contribution in [1.82, 2.24) is 13.7 Å². The summed E-state index contributed by atoms with van der Waals surface area (Å²) in [5.41, 5.74) is 11.9. The summed E-state index contributed by atoms with van der Waals surface area (Å²) in [6.07, 6.45) is 6.12. The maximum atomic E-state index is 12.2. The SMILES string of the molecule is N#Cc1c(-n2c3ccccc3c3ccccc32)c(-c2ccc3ccccc3c2)c(-n2c3ccccc3c3ccccc32)c(C#N)c1-n1c2ccccc2c2c3oc4c(c3ccc21)CCC=C4. The zero-order chi connectivity index (χ0) is 43.6.